The first kappa shape index (κ1) is 13.3. The van der Waals surface area contributed by atoms with Crippen molar-refractivity contribution in [3.05, 3.63) is 22.4 Å². The minimum atomic E-state index is 0.590. The molecule has 3 rings (SSSR count). The number of unbranched alkanes of at least 4 members (excludes halogenated alkanes) is 1. The molecular formula is C14H18ClN3S. The van der Waals surface area contributed by atoms with Gasteiger partial charge in [-0.05, 0) is 37.3 Å². The summed E-state index contributed by atoms with van der Waals surface area (Å²) in [5, 5.41) is 3.58. The van der Waals surface area contributed by atoms with E-state index in [0.717, 1.165) is 35.2 Å². The first-order chi connectivity index (χ1) is 9.28. The summed E-state index contributed by atoms with van der Waals surface area (Å²) in [6.07, 6.45) is 5.11. The quantitative estimate of drug-likeness (QED) is 0.751. The molecular weight excluding hydrogens is 278 g/mol. The van der Waals surface area contributed by atoms with Crippen molar-refractivity contribution in [2.24, 2.45) is 0 Å². The van der Waals surface area contributed by atoms with Crippen molar-refractivity contribution in [1.82, 2.24) is 14.9 Å². The van der Waals surface area contributed by atoms with Crippen LogP contribution in [0.15, 0.2) is 11.4 Å². The molecule has 0 amide bonds. The zero-order valence-corrected chi connectivity index (χ0v) is 12.7. The van der Waals surface area contributed by atoms with Gasteiger partial charge in [-0.2, -0.15) is 0 Å². The lowest BCUT2D eigenvalue weighted by atomic mass is 10.3. The Morgan fingerprint density at radius 2 is 2.26 bits per heavy atom. The maximum atomic E-state index is 6.22. The zero-order chi connectivity index (χ0) is 13.2. The van der Waals surface area contributed by atoms with E-state index in [2.05, 4.69) is 21.8 Å². The molecule has 0 N–H and O–H groups in total. The summed E-state index contributed by atoms with van der Waals surface area (Å²) in [5.74, 6) is 0.864. The zero-order valence-electron chi connectivity index (χ0n) is 11.1. The Hall–Kier alpha value is -0.710. The van der Waals surface area contributed by atoms with Crippen LogP contribution in [0.2, 0.25) is 5.15 Å². The molecule has 1 saturated carbocycles. The van der Waals surface area contributed by atoms with Gasteiger partial charge in [-0.25, -0.2) is 9.97 Å². The van der Waals surface area contributed by atoms with Gasteiger partial charge in [0.15, 0.2) is 0 Å². The van der Waals surface area contributed by atoms with Crippen molar-refractivity contribution in [2.45, 2.75) is 45.2 Å². The summed E-state index contributed by atoms with van der Waals surface area (Å²) in [6.45, 7) is 4.21. The highest BCUT2D eigenvalue weighted by atomic mass is 35.5. The van der Waals surface area contributed by atoms with Gasteiger partial charge in [0, 0.05) is 11.4 Å². The lowest BCUT2D eigenvalue weighted by Gasteiger charge is -2.20. The normalized spacial score (nSPS) is 15.5. The van der Waals surface area contributed by atoms with E-state index in [9.17, 15) is 0 Å². The Labute approximate surface area is 122 Å². The molecule has 0 bridgehead atoms. The van der Waals surface area contributed by atoms with Gasteiger partial charge < -0.3 is 0 Å². The molecule has 102 valence electrons. The highest BCUT2D eigenvalue weighted by molar-refractivity contribution is 7.16. The van der Waals surface area contributed by atoms with Crippen LogP contribution in [0.5, 0.6) is 0 Å². The Kier molecular flexibility index (Phi) is 4.01. The van der Waals surface area contributed by atoms with E-state index in [-0.39, 0.29) is 0 Å². The maximum absolute atomic E-state index is 6.22. The Morgan fingerprint density at radius 1 is 1.42 bits per heavy atom. The van der Waals surface area contributed by atoms with Gasteiger partial charge in [0.1, 0.15) is 15.8 Å². The van der Waals surface area contributed by atoms with Gasteiger partial charge in [-0.15, -0.1) is 11.3 Å². The molecule has 1 aliphatic rings. The molecule has 0 unspecified atom stereocenters. The second-order valence-corrected chi connectivity index (χ2v) is 6.38. The fraction of sp³-hybridized carbons (Fsp3) is 0.571. The lowest BCUT2D eigenvalue weighted by molar-refractivity contribution is 0.245. The highest BCUT2D eigenvalue weighted by Crippen LogP contribution is 2.29. The number of aromatic nitrogens is 2. The van der Waals surface area contributed by atoms with Gasteiger partial charge >= 0.3 is 0 Å². The van der Waals surface area contributed by atoms with Gasteiger partial charge in [-0.3, -0.25) is 4.90 Å². The summed E-state index contributed by atoms with van der Waals surface area (Å²) in [7, 11) is 0. The Balaban J connectivity index is 1.78. The summed E-state index contributed by atoms with van der Waals surface area (Å²) in [6, 6.07) is 2.73. The third kappa shape index (κ3) is 3.07. The molecule has 0 spiro atoms. The van der Waals surface area contributed by atoms with Crippen LogP contribution in [-0.2, 0) is 6.54 Å². The number of nitrogens with zero attached hydrogens (tertiary/aromatic N) is 3. The average Bonchev–Trinajstić information content (AvgIpc) is 3.13. The number of fused-ring (bicyclic) bond motifs is 1. The SMILES string of the molecule is CCCCN(Cc1nc(Cl)c2ccsc2n1)C1CC1. The molecule has 0 aliphatic heterocycles. The number of thiophene rings is 1. The van der Waals surface area contributed by atoms with Crippen molar-refractivity contribution in [2.75, 3.05) is 6.54 Å². The molecule has 2 aromatic heterocycles. The van der Waals surface area contributed by atoms with E-state index in [1.807, 2.05) is 11.4 Å². The summed E-state index contributed by atoms with van der Waals surface area (Å²) < 4.78 is 0. The number of hydrogen-bond acceptors (Lipinski definition) is 4. The first-order valence-corrected chi connectivity index (χ1v) is 8.17. The standard InChI is InChI=1S/C14H18ClN3S/c1-2-3-7-18(10-4-5-10)9-12-16-13(15)11-6-8-19-14(11)17-12/h6,8,10H,2-5,7,9H2,1H3. The molecule has 0 radical (unpaired) electrons. The van der Waals surface area contributed by atoms with E-state index < -0.39 is 0 Å². The minimum Gasteiger partial charge on any atom is -0.293 e. The first-order valence-electron chi connectivity index (χ1n) is 6.91. The van der Waals surface area contributed by atoms with Crippen molar-refractivity contribution in [3.8, 4) is 0 Å². The average molecular weight is 296 g/mol. The fourth-order valence-corrected chi connectivity index (χ4v) is 3.39. The molecule has 0 saturated heterocycles. The van der Waals surface area contributed by atoms with E-state index in [0.29, 0.717) is 5.15 Å². The monoisotopic (exact) mass is 295 g/mol. The smallest absolute Gasteiger partial charge is 0.145 e. The Morgan fingerprint density at radius 3 is 3.00 bits per heavy atom. The molecule has 2 heterocycles. The van der Waals surface area contributed by atoms with Crippen molar-refractivity contribution in [1.29, 1.82) is 0 Å². The Bertz CT molecular complexity index is 565. The van der Waals surface area contributed by atoms with Gasteiger partial charge in [0.25, 0.3) is 0 Å². The molecule has 19 heavy (non-hydrogen) atoms. The lowest BCUT2D eigenvalue weighted by Crippen LogP contribution is -2.27. The topological polar surface area (TPSA) is 29.0 Å². The summed E-state index contributed by atoms with van der Waals surface area (Å²) in [5.41, 5.74) is 0. The number of rotatable bonds is 6. The van der Waals surface area contributed by atoms with E-state index in [1.54, 1.807) is 11.3 Å². The molecule has 3 nitrogen and oxygen atoms in total. The third-order valence-corrected chi connectivity index (χ3v) is 4.63. The van der Waals surface area contributed by atoms with Crippen LogP contribution >= 0.6 is 22.9 Å². The second kappa shape index (κ2) is 5.73. The van der Waals surface area contributed by atoms with Crippen LogP contribution in [0, 0.1) is 0 Å². The summed E-state index contributed by atoms with van der Waals surface area (Å²) >= 11 is 7.85. The molecule has 0 aromatic carbocycles. The largest absolute Gasteiger partial charge is 0.293 e. The van der Waals surface area contributed by atoms with Crippen molar-refractivity contribution >= 4 is 33.2 Å². The molecule has 1 aliphatic carbocycles. The van der Waals surface area contributed by atoms with Crippen LogP contribution in [-0.4, -0.2) is 27.5 Å². The number of halogens is 1. The molecule has 2 aromatic rings. The van der Waals surface area contributed by atoms with Crippen molar-refractivity contribution < 1.29 is 0 Å². The predicted molar refractivity (Wildman–Crippen MR) is 80.8 cm³/mol. The van der Waals surface area contributed by atoms with Gasteiger partial charge in [-0.1, -0.05) is 24.9 Å². The van der Waals surface area contributed by atoms with Crippen LogP contribution in [0.1, 0.15) is 38.4 Å². The fourth-order valence-electron chi connectivity index (χ4n) is 2.30. The molecule has 0 atom stereocenters. The second-order valence-electron chi connectivity index (χ2n) is 5.13. The van der Waals surface area contributed by atoms with Crippen LogP contribution in [0.3, 0.4) is 0 Å². The minimum absolute atomic E-state index is 0.590. The predicted octanol–water partition coefficient (Wildman–Crippen LogP) is 4.11. The van der Waals surface area contributed by atoms with Crippen LogP contribution in [0.25, 0.3) is 10.2 Å². The van der Waals surface area contributed by atoms with Crippen molar-refractivity contribution in [3.63, 3.8) is 0 Å². The number of hydrogen-bond donors (Lipinski definition) is 0. The summed E-state index contributed by atoms with van der Waals surface area (Å²) in [4.78, 5) is 12.6. The van der Waals surface area contributed by atoms with Crippen LogP contribution < -0.4 is 0 Å². The molecule has 5 heteroatoms. The third-order valence-electron chi connectivity index (χ3n) is 3.53. The van der Waals surface area contributed by atoms with Crippen LogP contribution in [0.4, 0.5) is 0 Å². The van der Waals surface area contributed by atoms with Gasteiger partial charge in [0.05, 0.1) is 6.54 Å². The van der Waals surface area contributed by atoms with E-state index >= 15 is 0 Å². The van der Waals surface area contributed by atoms with E-state index in [1.165, 1.54) is 25.7 Å². The maximum Gasteiger partial charge on any atom is 0.145 e. The highest BCUT2D eigenvalue weighted by Gasteiger charge is 2.29. The van der Waals surface area contributed by atoms with Gasteiger partial charge in [0.2, 0.25) is 0 Å². The van der Waals surface area contributed by atoms with E-state index in [4.69, 9.17) is 11.6 Å². The molecule has 1 fully saturated rings.